The van der Waals surface area contributed by atoms with Gasteiger partial charge in [-0.15, -0.1) is 17.9 Å². The van der Waals surface area contributed by atoms with Gasteiger partial charge in [-0.1, -0.05) is 60.4 Å². The number of hydrogen-bond donors (Lipinski definition) is 0. The molecule has 0 saturated carbocycles. The van der Waals surface area contributed by atoms with Gasteiger partial charge >= 0.3 is 0 Å². The fraction of sp³-hybridized carbons (Fsp3) is 0.0588. The largest absolute Gasteiger partial charge is 0.289 e. The van der Waals surface area contributed by atoms with E-state index in [9.17, 15) is 4.79 Å². The Bertz CT molecular complexity index is 761. The highest BCUT2D eigenvalue weighted by Crippen LogP contribution is 2.35. The molecule has 1 aromatic carbocycles. The summed E-state index contributed by atoms with van der Waals surface area (Å²) < 4.78 is 0.594. The summed E-state index contributed by atoms with van der Waals surface area (Å²) in [7, 11) is 0. The zero-order valence-corrected chi connectivity index (χ0v) is 14.1. The van der Waals surface area contributed by atoms with Crippen LogP contribution in [0.4, 0.5) is 0 Å². The van der Waals surface area contributed by atoms with E-state index in [4.69, 9.17) is 12.2 Å². The van der Waals surface area contributed by atoms with Crippen LogP contribution in [0.3, 0.4) is 0 Å². The van der Waals surface area contributed by atoms with Crippen LogP contribution in [-0.2, 0) is 4.79 Å². The maximum atomic E-state index is 12.3. The number of rotatable bonds is 4. The van der Waals surface area contributed by atoms with Gasteiger partial charge in [0.25, 0.3) is 5.91 Å². The molecule has 3 rings (SSSR count). The van der Waals surface area contributed by atoms with E-state index < -0.39 is 0 Å². The van der Waals surface area contributed by atoms with E-state index >= 15 is 0 Å². The highest BCUT2D eigenvalue weighted by atomic mass is 32.2. The summed E-state index contributed by atoms with van der Waals surface area (Å²) >= 11 is 8.26. The van der Waals surface area contributed by atoms with Crippen LogP contribution in [0.15, 0.2) is 60.0 Å². The van der Waals surface area contributed by atoms with Gasteiger partial charge in [0, 0.05) is 16.3 Å². The number of nitrogens with zero attached hydrogens (tertiary/aromatic N) is 1. The van der Waals surface area contributed by atoms with Crippen LogP contribution in [0.25, 0.3) is 16.5 Å². The van der Waals surface area contributed by atoms with Crippen LogP contribution in [0.5, 0.6) is 0 Å². The van der Waals surface area contributed by atoms with E-state index in [1.807, 2.05) is 30.3 Å². The third-order valence-corrected chi connectivity index (χ3v) is 5.60. The van der Waals surface area contributed by atoms with Crippen LogP contribution < -0.4 is 0 Å². The highest BCUT2D eigenvalue weighted by Gasteiger charge is 2.31. The summed E-state index contributed by atoms with van der Waals surface area (Å²) in [4.78, 5) is 16.8. The predicted molar refractivity (Wildman–Crippen MR) is 99.8 cm³/mol. The SMILES string of the molecule is C=CCN1C(=O)/C(=C\c2ccc(-c3ccccc3)s2)SC1=S. The molecule has 0 N–H and O–H groups in total. The quantitative estimate of drug-likeness (QED) is 0.452. The van der Waals surface area contributed by atoms with Gasteiger partial charge in [-0.3, -0.25) is 9.69 Å². The van der Waals surface area contributed by atoms with E-state index in [-0.39, 0.29) is 5.91 Å². The molecule has 1 aliphatic heterocycles. The summed E-state index contributed by atoms with van der Waals surface area (Å²) in [5, 5.41) is 0. The Balaban J connectivity index is 1.85. The van der Waals surface area contributed by atoms with Crippen LogP contribution in [0, 0.1) is 0 Å². The molecule has 2 heterocycles. The molecule has 1 amide bonds. The first-order chi connectivity index (χ1) is 10.7. The van der Waals surface area contributed by atoms with Crippen molar-refractivity contribution in [3.8, 4) is 10.4 Å². The van der Waals surface area contributed by atoms with Crippen molar-refractivity contribution in [1.82, 2.24) is 4.90 Å². The maximum Gasteiger partial charge on any atom is 0.266 e. The summed E-state index contributed by atoms with van der Waals surface area (Å²) in [6.07, 6.45) is 3.60. The molecule has 0 bridgehead atoms. The average Bonchev–Trinajstić information content (AvgIpc) is 3.09. The molecule has 1 aliphatic rings. The Labute approximate surface area is 143 Å². The third kappa shape index (κ3) is 3.06. The minimum atomic E-state index is -0.0374. The minimum Gasteiger partial charge on any atom is -0.289 e. The van der Waals surface area contributed by atoms with Gasteiger partial charge in [-0.25, -0.2) is 0 Å². The maximum absolute atomic E-state index is 12.3. The van der Waals surface area contributed by atoms with Crippen LogP contribution in [0.1, 0.15) is 4.88 Å². The van der Waals surface area contributed by atoms with Crippen molar-refractivity contribution < 1.29 is 4.79 Å². The Morgan fingerprint density at radius 3 is 2.68 bits per heavy atom. The fourth-order valence-electron chi connectivity index (χ4n) is 2.10. The van der Waals surface area contributed by atoms with E-state index in [1.165, 1.54) is 22.2 Å². The van der Waals surface area contributed by atoms with Crippen molar-refractivity contribution in [3.63, 3.8) is 0 Å². The molecular formula is C17H13NOS3. The standard InChI is InChI=1S/C17H13NOS3/c1-2-10-18-16(19)15(22-17(18)20)11-13-8-9-14(21-13)12-6-4-3-5-7-12/h2-9,11H,1,10H2/b15-11+. The molecule has 2 nitrogen and oxygen atoms in total. The van der Waals surface area contributed by atoms with Crippen LogP contribution >= 0.6 is 35.3 Å². The normalized spacial score (nSPS) is 16.5. The topological polar surface area (TPSA) is 20.3 Å². The Morgan fingerprint density at radius 1 is 1.18 bits per heavy atom. The zero-order chi connectivity index (χ0) is 15.5. The van der Waals surface area contributed by atoms with Gasteiger partial charge in [-0.2, -0.15) is 0 Å². The number of hydrogen-bond acceptors (Lipinski definition) is 4. The van der Waals surface area contributed by atoms with Crippen LogP contribution in [-0.4, -0.2) is 21.7 Å². The third-order valence-electron chi connectivity index (χ3n) is 3.14. The lowest BCUT2D eigenvalue weighted by atomic mass is 10.2. The van der Waals surface area contributed by atoms with E-state index in [0.29, 0.717) is 15.8 Å². The Kier molecular flexibility index (Phi) is 4.57. The van der Waals surface area contributed by atoms with Gasteiger partial charge in [-0.05, 0) is 23.8 Å². The zero-order valence-electron chi connectivity index (χ0n) is 11.7. The number of thioether (sulfide) groups is 1. The lowest BCUT2D eigenvalue weighted by Gasteiger charge is -2.10. The molecule has 1 aromatic heterocycles. The van der Waals surface area contributed by atoms with Gasteiger partial charge in [0.05, 0.1) is 4.91 Å². The van der Waals surface area contributed by atoms with Gasteiger partial charge in [0.1, 0.15) is 4.32 Å². The van der Waals surface area contributed by atoms with Gasteiger partial charge < -0.3 is 0 Å². The first-order valence-electron chi connectivity index (χ1n) is 6.70. The van der Waals surface area contributed by atoms with E-state index in [1.54, 1.807) is 22.3 Å². The Hall–Kier alpha value is -1.69. The fourth-order valence-corrected chi connectivity index (χ4v) is 4.40. The molecule has 1 saturated heterocycles. The number of thiophene rings is 1. The molecule has 0 radical (unpaired) electrons. The second-order valence-electron chi connectivity index (χ2n) is 4.65. The number of amides is 1. The molecule has 0 unspecified atom stereocenters. The van der Waals surface area contributed by atoms with Crippen molar-refractivity contribution in [1.29, 1.82) is 0 Å². The van der Waals surface area contributed by atoms with Crippen molar-refractivity contribution >= 4 is 51.6 Å². The van der Waals surface area contributed by atoms with Crippen LogP contribution in [0.2, 0.25) is 0 Å². The predicted octanol–water partition coefficient (Wildman–Crippen LogP) is 4.80. The van der Waals surface area contributed by atoms with Crippen molar-refractivity contribution in [2.24, 2.45) is 0 Å². The summed E-state index contributed by atoms with van der Waals surface area (Å²) in [5.41, 5.74) is 1.19. The number of carbonyl (C=O) groups excluding carboxylic acids is 1. The molecule has 5 heteroatoms. The molecule has 110 valence electrons. The molecule has 0 aliphatic carbocycles. The van der Waals surface area contributed by atoms with E-state index in [0.717, 1.165) is 4.88 Å². The number of thiocarbonyl (C=S) groups is 1. The first-order valence-corrected chi connectivity index (χ1v) is 8.74. The molecule has 22 heavy (non-hydrogen) atoms. The lowest BCUT2D eigenvalue weighted by Crippen LogP contribution is -2.27. The smallest absolute Gasteiger partial charge is 0.266 e. The molecule has 0 atom stereocenters. The van der Waals surface area contributed by atoms with E-state index in [2.05, 4.69) is 24.8 Å². The number of benzene rings is 1. The summed E-state index contributed by atoms with van der Waals surface area (Å²) in [5.74, 6) is -0.0374. The van der Waals surface area contributed by atoms with Gasteiger partial charge in [0.2, 0.25) is 0 Å². The number of carbonyl (C=O) groups is 1. The average molecular weight is 343 g/mol. The minimum absolute atomic E-state index is 0.0374. The van der Waals surface area contributed by atoms with Crippen molar-refractivity contribution in [2.45, 2.75) is 0 Å². The first kappa shape index (κ1) is 15.2. The van der Waals surface area contributed by atoms with Crippen molar-refractivity contribution in [2.75, 3.05) is 6.54 Å². The monoisotopic (exact) mass is 343 g/mol. The summed E-state index contributed by atoms with van der Waals surface area (Å²) in [6.45, 7) is 4.12. The highest BCUT2D eigenvalue weighted by molar-refractivity contribution is 8.26. The molecule has 0 spiro atoms. The summed E-state index contributed by atoms with van der Waals surface area (Å²) in [6, 6.07) is 14.3. The van der Waals surface area contributed by atoms with Crippen molar-refractivity contribution in [3.05, 3.63) is 64.9 Å². The Morgan fingerprint density at radius 2 is 1.95 bits per heavy atom. The second-order valence-corrected chi connectivity index (χ2v) is 7.44. The molecule has 2 aromatic rings. The van der Waals surface area contributed by atoms with Gasteiger partial charge in [0.15, 0.2) is 0 Å². The lowest BCUT2D eigenvalue weighted by molar-refractivity contribution is -0.121. The molecular weight excluding hydrogens is 330 g/mol. The second kappa shape index (κ2) is 6.60. The molecule has 1 fully saturated rings.